The minimum absolute atomic E-state index is 0. The summed E-state index contributed by atoms with van der Waals surface area (Å²) >= 11 is 0. The van der Waals surface area contributed by atoms with E-state index in [0.29, 0.717) is 5.92 Å². The molecule has 3 aliphatic rings. The zero-order chi connectivity index (χ0) is 18.5. The topological polar surface area (TPSA) is 23.5 Å². The van der Waals surface area contributed by atoms with Crippen LogP contribution >= 0.6 is 12.4 Å². The average Bonchev–Trinajstić information content (AvgIpc) is 2.66. The highest BCUT2D eigenvalue weighted by atomic mass is 35.5. The highest BCUT2D eigenvalue weighted by molar-refractivity contribution is 5.85. The predicted octanol–water partition coefficient (Wildman–Crippen LogP) is 4.92. The molecule has 2 aromatic rings. The Balaban J connectivity index is 0.00000210. The summed E-state index contributed by atoms with van der Waals surface area (Å²) in [6.07, 6.45) is 2.42. The molecule has 3 heterocycles. The molecule has 3 aliphatic heterocycles. The summed E-state index contributed by atoms with van der Waals surface area (Å²) in [5, 5.41) is 12.3. The van der Waals surface area contributed by atoms with Crippen molar-refractivity contribution in [2.45, 2.75) is 46.1 Å². The number of fused-ring (bicyclic) bond motifs is 3. The van der Waals surface area contributed by atoms with E-state index in [0.717, 1.165) is 17.7 Å². The van der Waals surface area contributed by atoms with E-state index in [1.165, 1.54) is 48.2 Å². The zero-order valence-corrected chi connectivity index (χ0v) is 17.8. The number of piperidine rings is 3. The number of benzene rings is 2. The molecule has 3 heteroatoms. The van der Waals surface area contributed by atoms with Crippen LogP contribution in [0.3, 0.4) is 0 Å². The lowest BCUT2D eigenvalue weighted by molar-refractivity contribution is -0.0764. The van der Waals surface area contributed by atoms with Crippen LogP contribution in [0.5, 0.6) is 0 Å². The largest absolute Gasteiger partial charge is 0.380 e. The van der Waals surface area contributed by atoms with Gasteiger partial charge in [-0.3, -0.25) is 0 Å². The van der Waals surface area contributed by atoms with E-state index >= 15 is 0 Å². The Bertz CT molecular complexity index is 772. The van der Waals surface area contributed by atoms with E-state index in [1.54, 1.807) is 0 Å². The van der Waals surface area contributed by atoms with Crippen molar-refractivity contribution in [1.82, 2.24) is 4.90 Å². The van der Waals surface area contributed by atoms with Crippen LogP contribution < -0.4 is 0 Å². The van der Waals surface area contributed by atoms with E-state index in [-0.39, 0.29) is 18.3 Å². The summed E-state index contributed by atoms with van der Waals surface area (Å²) in [6.45, 7) is 12.0. The summed E-state index contributed by atoms with van der Waals surface area (Å²) in [4.78, 5) is 2.54. The average molecular weight is 386 g/mol. The predicted molar refractivity (Wildman–Crippen MR) is 115 cm³/mol. The van der Waals surface area contributed by atoms with Crippen molar-refractivity contribution in [2.24, 2.45) is 11.8 Å². The molecule has 1 atom stereocenters. The highest BCUT2D eigenvalue weighted by Gasteiger charge is 2.48. The standard InChI is InChI=1S/C24H31NO.ClH/c1-16-5-7-21(13-18(16)3)24(26,22-8-6-17(2)19(4)14-22)23-15-25-11-9-20(23)10-12-25;/h5-8,13-14,20,23,26H,9-12,15H2,1-4H3;1H. The monoisotopic (exact) mass is 385 g/mol. The van der Waals surface area contributed by atoms with Crippen LogP contribution in [0.2, 0.25) is 0 Å². The van der Waals surface area contributed by atoms with Gasteiger partial charge in [-0.25, -0.2) is 0 Å². The van der Waals surface area contributed by atoms with Crippen LogP contribution in [-0.4, -0.2) is 29.6 Å². The molecule has 2 bridgehead atoms. The fourth-order valence-electron chi connectivity index (χ4n) is 4.99. The number of aliphatic hydroxyl groups is 1. The van der Waals surface area contributed by atoms with Crippen LogP contribution in [0.25, 0.3) is 0 Å². The lowest BCUT2D eigenvalue weighted by Crippen LogP contribution is -2.55. The number of aryl methyl sites for hydroxylation is 4. The lowest BCUT2D eigenvalue weighted by Gasteiger charge is -2.51. The maximum absolute atomic E-state index is 12.3. The van der Waals surface area contributed by atoms with E-state index in [4.69, 9.17) is 0 Å². The van der Waals surface area contributed by atoms with Crippen molar-refractivity contribution in [2.75, 3.05) is 19.6 Å². The van der Waals surface area contributed by atoms with Gasteiger partial charge in [0, 0.05) is 12.5 Å². The molecule has 1 N–H and O–H groups in total. The maximum Gasteiger partial charge on any atom is 0.119 e. The maximum atomic E-state index is 12.3. The van der Waals surface area contributed by atoms with E-state index in [2.05, 4.69) is 69.0 Å². The van der Waals surface area contributed by atoms with Gasteiger partial charge in [-0.05, 0) is 92.9 Å². The Morgan fingerprint density at radius 3 is 1.67 bits per heavy atom. The fourth-order valence-corrected chi connectivity index (χ4v) is 4.99. The molecule has 2 aromatic carbocycles. The molecule has 1 unspecified atom stereocenters. The zero-order valence-electron chi connectivity index (χ0n) is 17.0. The van der Waals surface area contributed by atoms with Crippen molar-refractivity contribution in [1.29, 1.82) is 0 Å². The highest BCUT2D eigenvalue weighted by Crippen LogP contribution is 2.47. The normalized spacial score (nSPS) is 24.6. The van der Waals surface area contributed by atoms with Gasteiger partial charge in [0.05, 0.1) is 0 Å². The Morgan fingerprint density at radius 2 is 1.30 bits per heavy atom. The third kappa shape index (κ3) is 3.44. The summed E-state index contributed by atoms with van der Waals surface area (Å²) in [7, 11) is 0. The van der Waals surface area contributed by atoms with Gasteiger partial charge in [0.2, 0.25) is 0 Å². The molecule has 3 fully saturated rings. The number of hydrogen-bond donors (Lipinski definition) is 1. The lowest BCUT2D eigenvalue weighted by atomic mass is 9.65. The van der Waals surface area contributed by atoms with Gasteiger partial charge < -0.3 is 10.0 Å². The number of rotatable bonds is 3. The fraction of sp³-hybridized carbons (Fsp3) is 0.500. The van der Waals surface area contributed by atoms with Crippen LogP contribution in [0.1, 0.15) is 46.2 Å². The molecule has 0 amide bonds. The van der Waals surface area contributed by atoms with Crippen LogP contribution in [0.4, 0.5) is 0 Å². The van der Waals surface area contributed by atoms with Gasteiger partial charge in [-0.1, -0.05) is 36.4 Å². The summed E-state index contributed by atoms with van der Waals surface area (Å²) in [5.41, 5.74) is 6.28. The molecule has 0 saturated carbocycles. The molecule has 0 aromatic heterocycles. The quantitative estimate of drug-likeness (QED) is 0.810. The number of nitrogens with zero attached hydrogens (tertiary/aromatic N) is 1. The number of halogens is 1. The first-order valence-electron chi connectivity index (χ1n) is 10.00. The molecule has 0 spiro atoms. The van der Waals surface area contributed by atoms with Gasteiger partial charge in [0.25, 0.3) is 0 Å². The second-order valence-corrected chi connectivity index (χ2v) is 8.61. The van der Waals surface area contributed by atoms with Crippen LogP contribution in [-0.2, 0) is 5.60 Å². The molecule has 0 radical (unpaired) electrons. The molecule has 5 rings (SSSR count). The molecule has 27 heavy (non-hydrogen) atoms. The molecule has 146 valence electrons. The van der Waals surface area contributed by atoms with Crippen molar-refractivity contribution in [3.8, 4) is 0 Å². The minimum Gasteiger partial charge on any atom is -0.380 e. The first-order valence-corrected chi connectivity index (χ1v) is 10.00. The molecular formula is C24H32ClNO. The van der Waals surface area contributed by atoms with Crippen molar-refractivity contribution < 1.29 is 5.11 Å². The van der Waals surface area contributed by atoms with Gasteiger partial charge in [0.1, 0.15) is 5.60 Å². The van der Waals surface area contributed by atoms with Gasteiger partial charge >= 0.3 is 0 Å². The molecule has 3 saturated heterocycles. The van der Waals surface area contributed by atoms with E-state index < -0.39 is 5.60 Å². The minimum atomic E-state index is -0.916. The van der Waals surface area contributed by atoms with E-state index in [9.17, 15) is 5.11 Å². The van der Waals surface area contributed by atoms with E-state index in [1.807, 2.05) is 0 Å². The molecular weight excluding hydrogens is 354 g/mol. The third-order valence-corrected chi connectivity index (χ3v) is 7.09. The van der Waals surface area contributed by atoms with Crippen molar-refractivity contribution in [3.63, 3.8) is 0 Å². The second kappa shape index (κ2) is 7.58. The second-order valence-electron chi connectivity index (χ2n) is 8.61. The first-order chi connectivity index (χ1) is 12.4. The van der Waals surface area contributed by atoms with Gasteiger partial charge in [0.15, 0.2) is 0 Å². The summed E-state index contributed by atoms with van der Waals surface area (Å²) in [6, 6.07) is 13.0. The van der Waals surface area contributed by atoms with Gasteiger partial charge in [-0.15, -0.1) is 12.4 Å². The Hall–Kier alpha value is -1.35. The van der Waals surface area contributed by atoms with Crippen molar-refractivity contribution >= 4 is 12.4 Å². The van der Waals surface area contributed by atoms with Crippen LogP contribution in [0.15, 0.2) is 36.4 Å². The Morgan fingerprint density at radius 1 is 0.815 bits per heavy atom. The molecule has 2 nitrogen and oxygen atoms in total. The van der Waals surface area contributed by atoms with Crippen molar-refractivity contribution in [3.05, 3.63) is 69.8 Å². The number of hydrogen-bond acceptors (Lipinski definition) is 2. The Labute approximate surface area is 170 Å². The summed E-state index contributed by atoms with van der Waals surface area (Å²) in [5.74, 6) is 0.863. The summed E-state index contributed by atoms with van der Waals surface area (Å²) < 4.78 is 0. The van der Waals surface area contributed by atoms with Gasteiger partial charge in [-0.2, -0.15) is 0 Å². The third-order valence-electron chi connectivity index (χ3n) is 7.09. The SMILES string of the molecule is Cc1ccc(C(O)(c2ccc(C)c(C)c2)C2CN3CCC2CC3)cc1C.Cl. The Kier molecular flexibility index (Phi) is 5.72. The first kappa shape index (κ1) is 20.4. The smallest absolute Gasteiger partial charge is 0.119 e. The van der Waals surface area contributed by atoms with Crippen LogP contribution in [0, 0.1) is 39.5 Å². The molecule has 0 aliphatic carbocycles.